The number of thioether (sulfide) groups is 1. The molecule has 0 amide bonds. The number of likely N-dealkylation sites (N-methyl/N-ethyl adjacent to an activating group) is 1. The molecule has 0 saturated carbocycles. The third kappa shape index (κ3) is 2.74. The molecule has 0 aliphatic rings. The third-order valence-electron chi connectivity index (χ3n) is 2.24. The lowest BCUT2D eigenvalue weighted by Crippen LogP contribution is -2.17. The average molecular weight is 211 g/mol. The minimum atomic E-state index is -0.410. The van der Waals surface area contributed by atoms with Gasteiger partial charge in [0.2, 0.25) is 0 Å². The minimum absolute atomic E-state index is 0.410. The van der Waals surface area contributed by atoms with Crippen molar-refractivity contribution in [1.82, 2.24) is 5.32 Å². The molecular formula is C11H17NOS. The van der Waals surface area contributed by atoms with Gasteiger partial charge in [0, 0.05) is 11.4 Å². The average Bonchev–Trinajstić information content (AvgIpc) is 2.19. The van der Waals surface area contributed by atoms with Crippen LogP contribution in [0.25, 0.3) is 0 Å². The lowest BCUT2D eigenvalue weighted by atomic mass is 10.0. The van der Waals surface area contributed by atoms with E-state index in [1.165, 1.54) is 4.90 Å². The van der Waals surface area contributed by atoms with Gasteiger partial charge in [0.05, 0.1) is 6.10 Å². The Morgan fingerprint density at radius 3 is 2.79 bits per heavy atom. The zero-order chi connectivity index (χ0) is 10.6. The second-order valence-corrected chi connectivity index (χ2v) is 4.18. The maximum atomic E-state index is 9.85. The Labute approximate surface area is 89.7 Å². The largest absolute Gasteiger partial charge is 0.387 e. The fourth-order valence-electron chi connectivity index (χ4n) is 1.41. The Hall–Kier alpha value is -0.510. The summed E-state index contributed by atoms with van der Waals surface area (Å²) in [6.45, 7) is 2.62. The van der Waals surface area contributed by atoms with Gasteiger partial charge in [-0.05, 0) is 43.5 Å². The van der Waals surface area contributed by atoms with Crippen LogP contribution in [-0.2, 0) is 0 Å². The number of aliphatic hydroxyl groups is 1. The first-order chi connectivity index (χ1) is 6.69. The number of benzene rings is 1. The van der Waals surface area contributed by atoms with Crippen LogP contribution in [0.1, 0.15) is 17.2 Å². The van der Waals surface area contributed by atoms with E-state index in [0.717, 1.165) is 11.1 Å². The molecule has 3 heteroatoms. The monoisotopic (exact) mass is 211 g/mol. The van der Waals surface area contributed by atoms with Gasteiger partial charge in [-0.15, -0.1) is 11.8 Å². The first-order valence-electron chi connectivity index (χ1n) is 4.66. The Kier molecular flexibility index (Phi) is 4.45. The predicted octanol–water partition coefficient (Wildman–Crippen LogP) is 1.97. The van der Waals surface area contributed by atoms with Crippen molar-refractivity contribution in [2.75, 3.05) is 19.8 Å². The van der Waals surface area contributed by atoms with E-state index in [1.807, 2.05) is 20.2 Å². The molecule has 0 aliphatic carbocycles. The Morgan fingerprint density at radius 1 is 1.50 bits per heavy atom. The van der Waals surface area contributed by atoms with E-state index in [0.29, 0.717) is 6.54 Å². The highest BCUT2D eigenvalue weighted by Gasteiger charge is 2.09. The third-order valence-corrected chi connectivity index (χ3v) is 2.97. The highest BCUT2D eigenvalue weighted by molar-refractivity contribution is 7.98. The van der Waals surface area contributed by atoms with Crippen molar-refractivity contribution in [1.29, 1.82) is 0 Å². The zero-order valence-electron chi connectivity index (χ0n) is 8.87. The molecule has 2 nitrogen and oxygen atoms in total. The quantitative estimate of drug-likeness (QED) is 0.747. The summed E-state index contributed by atoms with van der Waals surface area (Å²) in [6.07, 6.45) is 1.63. The van der Waals surface area contributed by atoms with Gasteiger partial charge in [-0.1, -0.05) is 6.07 Å². The second-order valence-electron chi connectivity index (χ2n) is 3.30. The molecule has 2 N–H and O–H groups in total. The van der Waals surface area contributed by atoms with Gasteiger partial charge in [0.15, 0.2) is 0 Å². The van der Waals surface area contributed by atoms with E-state index in [2.05, 4.69) is 23.5 Å². The zero-order valence-corrected chi connectivity index (χ0v) is 9.69. The van der Waals surface area contributed by atoms with Gasteiger partial charge in [-0.3, -0.25) is 0 Å². The molecule has 0 heterocycles. The van der Waals surface area contributed by atoms with Crippen LogP contribution in [0.4, 0.5) is 0 Å². The molecule has 0 fully saturated rings. The highest BCUT2D eigenvalue weighted by atomic mass is 32.2. The molecule has 14 heavy (non-hydrogen) atoms. The Morgan fingerprint density at radius 2 is 2.21 bits per heavy atom. The molecule has 1 aromatic rings. The van der Waals surface area contributed by atoms with Crippen molar-refractivity contribution >= 4 is 11.8 Å². The van der Waals surface area contributed by atoms with Crippen LogP contribution in [0, 0.1) is 6.92 Å². The summed E-state index contributed by atoms with van der Waals surface area (Å²) in [5, 5.41) is 12.8. The van der Waals surface area contributed by atoms with Crippen molar-refractivity contribution in [2.24, 2.45) is 0 Å². The van der Waals surface area contributed by atoms with Gasteiger partial charge >= 0.3 is 0 Å². The maximum absolute atomic E-state index is 9.85. The standard InChI is InChI=1S/C11H17NOS/c1-8-4-5-9(14-3)6-10(8)11(13)7-12-2/h4-6,11-13H,7H2,1-3H3. The first kappa shape index (κ1) is 11.6. The van der Waals surface area contributed by atoms with E-state index in [1.54, 1.807) is 11.8 Å². The molecular weight excluding hydrogens is 194 g/mol. The summed E-state index contributed by atoms with van der Waals surface area (Å²) >= 11 is 1.70. The molecule has 0 aliphatic heterocycles. The summed E-state index contributed by atoms with van der Waals surface area (Å²) in [7, 11) is 1.84. The molecule has 0 radical (unpaired) electrons. The van der Waals surface area contributed by atoms with Crippen LogP contribution in [0.3, 0.4) is 0 Å². The molecule has 0 aromatic heterocycles. The van der Waals surface area contributed by atoms with E-state index in [-0.39, 0.29) is 0 Å². The Balaban J connectivity index is 2.93. The predicted molar refractivity (Wildman–Crippen MR) is 61.8 cm³/mol. The van der Waals surface area contributed by atoms with Crippen molar-refractivity contribution in [2.45, 2.75) is 17.9 Å². The second kappa shape index (κ2) is 5.39. The number of nitrogens with one attached hydrogen (secondary N) is 1. The topological polar surface area (TPSA) is 32.3 Å². The smallest absolute Gasteiger partial charge is 0.0917 e. The number of rotatable bonds is 4. The van der Waals surface area contributed by atoms with Gasteiger partial charge in [-0.2, -0.15) is 0 Å². The fraction of sp³-hybridized carbons (Fsp3) is 0.455. The number of aryl methyl sites for hydroxylation is 1. The summed E-state index contributed by atoms with van der Waals surface area (Å²) in [5.41, 5.74) is 2.16. The van der Waals surface area contributed by atoms with Crippen LogP contribution in [0.15, 0.2) is 23.1 Å². The van der Waals surface area contributed by atoms with Crippen LogP contribution in [-0.4, -0.2) is 25.0 Å². The van der Waals surface area contributed by atoms with Crippen LogP contribution in [0.2, 0.25) is 0 Å². The highest BCUT2D eigenvalue weighted by Crippen LogP contribution is 2.23. The number of aliphatic hydroxyl groups excluding tert-OH is 1. The van der Waals surface area contributed by atoms with Crippen molar-refractivity contribution in [3.05, 3.63) is 29.3 Å². The van der Waals surface area contributed by atoms with Crippen LogP contribution >= 0.6 is 11.8 Å². The van der Waals surface area contributed by atoms with Gasteiger partial charge < -0.3 is 10.4 Å². The molecule has 0 saturated heterocycles. The van der Waals surface area contributed by atoms with Gasteiger partial charge in [-0.25, -0.2) is 0 Å². The van der Waals surface area contributed by atoms with E-state index < -0.39 is 6.10 Å². The first-order valence-corrected chi connectivity index (χ1v) is 5.88. The normalized spacial score (nSPS) is 12.9. The van der Waals surface area contributed by atoms with Crippen molar-refractivity contribution < 1.29 is 5.11 Å². The van der Waals surface area contributed by atoms with E-state index in [9.17, 15) is 5.11 Å². The van der Waals surface area contributed by atoms with Crippen LogP contribution < -0.4 is 5.32 Å². The van der Waals surface area contributed by atoms with E-state index >= 15 is 0 Å². The lowest BCUT2D eigenvalue weighted by molar-refractivity contribution is 0.177. The summed E-state index contributed by atoms with van der Waals surface area (Å²) < 4.78 is 0. The molecule has 0 bridgehead atoms. The maximum Gasteiger partial charge on any atom is 0.0917 e. The number of hydrogen-bond acceptors (Lipinski definition) is 3. The summed E-state index contributed by atoms with van der Waals surface area (Å²) in [5.74, 6) is 0. The van der Waals surface area contributed by atoms with Gasteiger partial charge in [0.25, 0.3) is 0 Å². The molecule has 1 rings (SSSR count). The minimum Gasteiger partial charge on any atom is -0.387 e. The van der Waals surface area contributed by atoms with Gasteiger partial charge in [0.1, 0.15) is 0 Å². The SMILES string of the molecule is CNCC(O)c1cc(SC)ccc1C. The molecule has 1 atom stereocenters. The van der Waals surface area contributed by atoms with Crippen molar-refractivity contribution in [3.63, 3.8) is 0 Å². The van der Waals surface area contributed by atoms with Crippen LogP contribution in [0.5, 0.6) is 0 Å². The van der Waals surface area contributed by atoms with Crippen molar-refractivity contribution in [3.8, 4) is 0 Å². The number of hydrogen-bond donors (Lipinski definition) is 2. The molecule has 0 spiro atoms. The molecule has 1 unspecified atom stereocenters. The molecule has 78 valence electrons. The Bertz CT molecular complexity index is 301. The van der Waals surface area contributed by atoms with E-state index in [4.69, 9.17) is 0 Å². The summed E-state index contributed by atoms with van der Waals surface area (Å²) in [4.78, 5) is 1.20. The lowest BCUT2D eigenvalue weighted by Gasteiger charge is -2.14. The summed E-state index contributed by atoms with van der Waals surface area (Å²) in [6, 6.07) is 6.19. The molecule has 1 aromatic carbocycles. The fourth-order valence-corrected chi connectivity index (χ4v) is 1.86.